The van der Waals surface area contributed by atoms with Crippen molar-refractivity contribution in [1.82, 2.24) is 0 Å². The van der Waals surface area contributed by atoms with Crippen LogP contribution in [0.2, 0.25) is 0 Å². The summed E-state index contributed by atoms with van der Waals surface area (Å²) in [5.41, 5.74) is 0. The van der Waals surface area contributed by atoms with Gasteiger partial charge in [0.2, 0.25) is 5.75 Å². The van der Waals surface area contributed by atoms with Crippen LogP contribution in [0.25, 0.3) is 0 Å². The molecular formula is C15H20O3Si. The molecule has 0 aliphatic rings. The molecule has 19 heavy (non-hydrogen) atoms. The maximum Gasteiger partial charge on any atom is 0.211 e. The largest absolute Gasteiger partial charge is 0.459 e. The van der Waals surface area contributed by atoms with Crippen molar-refractivity contribution in [3.63, 3.8) is 0 Å². The minimum absolute atomic E-state index is 0.519. The van der Waals surface area contributed by atoms with Crippen molar-refractivity contribution in [2.24, 2.45) is 0 Å². The SMILES string of the molecule is C=C(C)Oc1ccc([SiH3])c(OC(=C)C)c1OC(=C)C. The van der Waals surface area contributed by atoms with E-state index in [1.165, 1.54) is 0 Å². The molecule has 0 N–H and O–H groups in total. The summed E-state index contributed by atoms with van der Waals surface area (Å²) in [6.45, 7) is 16.6. The third-order valence-electron chi connectivity index (χ3n) is 2.11. The maximum atomic E-state index is 5.66. The fourth-order valence-electron chi connectivity index (χ4n) is 1.48. The number of rotatable bonds is 6. The molecule has 0 spiro atoms. The van der Waals surface area contributed by atoms with E-state index in [2.05, 4.69) is 19.7 Å². The molecule has 1 rings (SSSR count). The molecular weight excluding hydrogens is 256 g/mol. The van der Waals surface area contributed by atoms with Crippen LogP contribution in [0.5, 0.6) is 17.2 Å². The second-order valence-corrected chi connectivity index (χ2v) is 5.53. The van der Waals surface area contributed by atoms with Crippen LogP contribution in [0.15, 0.2) is 49.1 Å². The van der Waals surface area contributed by atoms with Gasteiger partial charge in [0.25, 0.3) is 0 Å². The lowest BCUT2D eigenvalue weighted by Crippen LogP contribution is -2.11. The van der Waals surface area contributed by atoms with Gasteiger partial charge in [0, 0.05) is 10.2 Å². The Morgan fingerprint density at radius 3 is 1.79 bits per heavy atom. The molecule has 0 aliphatic carbocycles. The van der Waals surface area contributed by atoms with Crippen LogP contribution < -0.4 is 19.4 Å². The Morgan fingerprint density at radius 1 is 0.842 bits per heavy atom. The molecule has 0 atom stereocenters. The molecule has 0 unspecified atom stereocenters. The van der Waals surface area contributed by atoms with Crippen LogP contribution in [0, 0.1) is 0 Å². The zero-order valence-corrected chi connectivity index (χ0v) is 14.0. The summed E-state index contributed by atoms with van der Waals surface area (Å²) in [6, 6.07) is 3.80. The topological polar surface area (TPSA) is 27.7 Å². The summed E-state index contributed by atoms with van der Waals surface area (Å²) in [5, 5.41) is 1.06. The van der Waals surface area contributed by atoms with Crippen LogP contribution in [-0.2, 0) is 0 Å². The van der Waals surface area contributed by atoms with Gasteiger partial charge in [0.15, 0.2) is 11.5 Å². The summed E-state index contributed by atoms with van der Waals surface area (Å²) >= 11 is 0. The predicted molar refractivity (Wildman–Crippen MR) is 82.3 cm³/mol. The maximum absolute atomic E-state index is 5.66. The van der Waals surface area contributed by atoms with Crippen LogP contribution >= 0.6 is 0 Å². The Bertz CT molecular complexity index is 532. The van der Waals surface area contributed by atoms with E-state index >= 15 is 0 Å². The van der Waals surface area contributed by atoms with Gasteiger partial charge in [-0.3, -0.25) is 0 Å². The van der Waals surface area contributed by atoms with Gasteiger partial charge >= 0.3 is 0 Å². The van der Waals surface area contributed by atoms with E-state index in [1.807, 2.05) is 12.1 Å². The summed E-state index contributed by atoms with van der Waals surface area (Å²) in [7, 11) is 0.823. The number of ether oxygens (including phenoxy) is 3. The van der Waals surface area contributed by atoms with E-state index in [0.717, 1.165) is 15.4 Å². The molecule has 3 nitrogen and oxygen atoms in total. The van der Waals surface area contributed by atoms with Gasteiger partial charge in [0.1, 0.15) is 0 Å². The third kappa shape index (κ3) is 4.33. The van der Waals surface area contributed by atoms with Crippen LogP contribution in [0.1, 0.15) is 20.8 Å². The Labute approximate surface area is 117 Å². The first kappa shape index (κ1) is 15.1. The molecule has 102 valence electrons. The molecule has 0 amide bonds. The van der Waals surface area contributed by atoms with Crippen LogP contribution in [-0.4, -0.2) is 10.2 Å². The van der Waals surface area contributed by atoms with E-state index < -0.39 is 0 Å². The van der Waals surface area contributed by atoms with E-state index in [4.69, 9.17) is 14.2 Å². The van der Waals surface area contributed by atoms with Crippen molar-refractivity contribution in [1.29, 1.82) is 0 Å². The zero-order valence-electron chi connectivity index (χ0n) is 12.0. The number of benzene rings is 1. The Morgan fingerprint density at radius 2 is 1.32 bits per heavy atom. The monoisotopic (exact) mass is 276 g/mol. The molecule has 1 aromatic rings. The standard InChI is InChI=1S/C15H20O3Si/c1-9(2)16-12-7-8-13(19)15(18-11(5)6)14(12)17-10(3)4/h7-8H,1,3,5H2,2,4,6,19H3. The smallest absolute Gasteiger partial charge is 0.211 e. The van der Waals surface area contributed by atoms with Gasteiger partial charge in [-0.25, -0.2) is 0 Å². The fourth-order valence-corrected chi connectivity index (χ4v) is 1.98. The van der Waals surface area contributed by atoms with Gasteiger partial charge in [-0.1, -0.05) is 25.8 Å². The Hall–Kier alpha value is -1.94. The summed E-state index contributed by atoms with van der Waals surface area (Å²) in [5.74, 6) is 3.45. The zero-order chi connectivity index (χ0) is 14.6. The Kier molecular flexibility index (Phi) is 5.00. The highest BCUT2D eigenvalue weighted by Crippen LogP contribution is 2.38. The first-order valence-electron chi connectivity index (χ1n) is 5.95. The lowest BCUT2D eigenvalue weighted by molar-refractivity contribution is 0.342. The van der Waals surface area contributed by atoms with Crippen LogP contribution in [0.3, 0.4) is 0 Å². The molecule has 0 aromatic heterocycles. The van der Waals surface area contributed by atoms with E-state index in [0.29, 0.717) is 34.5 Å². The molecule has 4 heteroatoms. The van der Waals surface area contributed by atoms with Gasteiger partial charge in [-0.15, -0.1) is 0 Å². The molecule has 0 bridgehead atoms. The number of hydrogen-bond acceptors (Lipinski definition) is 3. The molecule has 1 aromatic carbocycles. The average molecular weight is 276 g/mol. The second-order valence-electron chi connectivity index (χ2n) is 4.45. The van der Waals surface area contributed by atoms with E-state index in [9.17, 15) is 0 Å². The van der Waals surface area contributed by atoms with Crippen molar-refractivity contribution in [2.45, 2.75) is 20.8 Å². The normalized spacial score (nSPS) is 9.84. The second kappa shape index (κ2) is 6.29. The first-order valence-corrected chi connectivity index (χ1v) is 6.95. The Balaban J connectivity index is 3.35. The minimum Gasteiger partial charge on any atom is -0.459 e. The van der Waals surface area contributed by atoms with E-state index in [1.54, 1.807) is 20.8 Å². The molecule has 0 saturated heterocycles. The highest BCUT2D eigenvalue weighted by atomic mass is 28.1. The number of hydrogen-bond donors (Lipinski definition) is 0. The molecule has 0 saturated carbocycles. The van der Waals surface area contributed by atoms with Gasteiger partial charge < -0.3 is 14.2 Å². The molecule has 0 aliphatic heterocycles. The van der Waals surface area contributed by atoms with E-state index in [-0.39, 0.29) is 0 Å². The average Bonchev–Trinajstić information content (AvgIpc) is 2.25. The third-order valence-corrected chi connectivity index (χ3v) is 2.90. The quantitative estimate of drug-likeness (QED) is 0.590. The van der Waals surface area contributed by atoms with Crippen molar-refractivity contribution in [2.75, 3.05) is 0 Å². The van der Waals surface area contributed by atoms with Gasteiger partial charge in [-0.05, 0) is 32.0 Å². The molecule has 0 heterocycles. The van der Waals surface area contributed by atoms with Crippen molar-refractivity contribution >= 4 is 15.4 Å². The first-order chi connectivity index (χ1) is 8.81. The highest BCUT2D eigenvalue weighted by Gasteiger charge is 2.17. The van der Waals surface area contributed by atoms with Crippen LogP contribution in [0.4, 0.5) is 0 Å². The highest BCUT2D eigenvalue weighted by molar-refractivity contribution is 6.34. The number of allylic oxidation sites excluding steroid dienone is 3. The molecule has 0 radical (unpaired) electrons. The lowest BCUT2D eigenvalue weighted by Gasteiger charge is -2.18. The predicted octanol–water partition coefficient (Wildman–Crippen LogP) is 2.41. The lowest BCUT2D eigenvalue weighted by atomic mass is 10.3. The van der Waals surface area contributed by atoms with Gasteiger partial charge in [-0.2, -0.15) is 0 Å². The van der Waals surface area contributed by atoms with Gasteiger partial charge in [0.05, 0.1) is 17.3 Å². The fraction of sp³-hybridized carbons (Fsp3) is 0.200. The van der Waals surface area contributed by atoms with Crippen molar-refractivity contribution < 1.29 is 14.2 Å². The minimum atomic E-state index is 0.519. The van der Waals surface area contributed by atoms with Crippen molar-refractivity contribution in [3.05, 3.63) is 49.1 Å². The van der Waals surface area contributed by atoms with Crippen molar-refractivity contribution in [3.8, 4) is 17.2 Å². The summed E-state index contributed by atoms with van der Waals surface area (Å²) < 4.78 is 16.9. The molecule has 0 fully saturated rings. The summed E-state index contributed by atoms with van der Waals surface area (Å²) in [4.78, 5) is 0. The summed E-state index contributed by atoms with van der Waals surface area (Å²) in [6.07, 6.45) is 0.